The van der Waals surface area contributed by atoms with Gasteiger partial charge in [0, 0.05) is 11.1 Å². The molecule has 1 fully saturated rings. The van der Waals surface area contributed by atoms with E-state index in [4.69, 9.17) is 9.47 Å². The molecule has 0 radical (unpaired) electrons. The summed E-state index contributed by atoms with van der Waals surface area (Å²) in [5.74, 6) is -0.389. The number of hydrogen-bond acceptors (Lipinski definition) is 8. The molecule has 0 spiro atoms. The molecular formula is C21H24O8. The molecule has 0 unspecified atom stereocenters. The number of phenols is 1. The number of aliphatic hydroxyl groups excluding tert-OH is 4. The maximum Gasteiger partial charge on any atom is 0.189 e. The van der Waals surface area contributed by atoms with Crippen LogP contribution in [0.15, 0.2) is 42.5 Å². The number of carbonyl (C=O) groups excluding carboxylic acids is 1. The third-order valence-electron chi connectivity index (χ3n) is 4.97. The van der Waals surface area contributed by atoms with Crippen LogP contribution in [0.25, 0.3) is 11.1 Å². The number of ether oxygens (including phenoxy) is 2. The van der Waals surface area contributed by atoms with Gasteiger partial charge in [0.2, 0.25) is 0 Å². The van der Waals surface area contributed by atoms with Crippen LogP contribution in [-0.2, 0) is 9.47 Å². The fourth-order valence-corrected chi connectivity index (χ4v) is 3.39. The number of Topliss-reactive ketones (excluding diaryl/α,β-unsaturated/α-hetero) is 1. The Bertz CT molecular complexity index is 845. The Morgan fingerprint density at radius 2 is 1.76 bits per heavy atom. The molecule has 8 nitrogen and oxygen atoms in total. The van der Waals surface area contributed by atoms with Crippen molar-refractivity contribution < 1.29 is 39.8 Å². The predicted octanol–water partition coefficient (Wildman–Crippen LogP) is 0.367. The quantitative estimate of drug-likeness (QED) is 0.436. The van der Waals surface area contributed by atoms with Gasteiger partial charge in [-0.05, 0) is 24.1 Å². The van der Waals surface area contributed by atoms with E-state index in [2.05, 4.69) is 0 Å². The number of benzene rings is 2. The summed E-state index contributed by atoms with van der Waals surface area (Å²) in [6.45, 7) is 0.751. The number of rotatable bonds is 6. The zero-order chi connectivity index (χ0) is 21.1. The molecule has 156 valence electrons. The summed E-state index contributed by atoms with van der Waals surface area (Å²) in [7, 11) is 0. The molecule has 0 aromatic heterocycles. The SMILES string of the molecule is Cc1cccc(O)c1-c1ccccc1C(=O)CO[C@@H]1O[C@H](CO)[C@@H](O)[C@H](O)[C@H]1O. The minimum Gasteiger partial charge on any atom is -0.507 e. The van der Waals surface area contributed by atoms with E-state index in [0.717, 1.165) is 5.56 Å². The summed E-state index contributed by atoms with van der Waals surface area (Å²) in [5, 5.41) is 49.1. The van der Waals surface area contributed by atoms with Crippen molar-refractivity contribution in [1.82, 2.24) is 0 Å². The summed E-state index contributed by atoms with van der Waals surface area (Å²) >= 11 is 0. The first-order chi connectivity index (χ1) is 13.8. The van der Waals surface area contributed by atoms with Gasteiger partial charge in [-0.3, -0.25) is 4.79 Å². The Morgan fingerprint density at radius 1 is 1.03 bits per heavy atom. The maximum absolute atomic E-state index is 12.8. The zero-order valence-electron chi connectivity index (χ0n) is 15.8. The summed E-state index contributed by atoms with van der Waals surface area (Å²) < 4.78 is 10.6. The highest BCUT2D eigenvalue weighted by molar-refractivity contribution is 6.04. The Kier molecular flexibility index (Phi) is 6.63. The Hall–Kier alpha value is -2.33. The van der Waals surface area contributed by atoms with E-state index in [1.807, 2.05) is 13.0 Å². The van der Waals surface area contributed by atoms with Gasteiger partial charge in [0.1, 0.15) is 36.8 Å². The lowest BCUT2D eigenvalue weighted by molar-refractivity contribution is -0.298. The van der Waals surface area contributed by atoms with Gasteiger partial charge < -0.3 is 35.0 Å². The normalized spacial score (nSPS) is 27.0. The third-order valence-corrected chi connectivity index (χ3v) is 4.97. The fourth-order valence-electron chi connectivity index (χ4n) is 3.39. The van der Waals surface area contributed by atoms with Gasteiger partial charge >= 0.3 is 0 Å². The van der Waals surface area contributed by atoms with Crippen molar-refractivity contribution in [3.8, 4) is 16.9 Å². The summed E-state index contributed by atoms with van der Waals surface area (Å²) in [6.07, 6.45) is -7.19. The molecule has 0 bridgehead atoms. The van der Waals surface area contributed by atoms with Gasteiger partial charge in [0.05, 0.1) is 6.61 Å². The first-order valence-corrected chi connectivity index (χ1v) is 9.18. The smallest absolute Gasteiger partial charge is 0.189 e. The molecule has 0 saturated carbocycles. The number of aliphatic hydroxyl groups is 4. The molecule has 1 saturated heterocycles. The van der Waals surface area contributed by atoms with Crippen LogP contribution in [0.5, 0.6) is 5.75 Å². The van der Waals surface area contributed by atoms with Crippen molar-refractivity contribution in [1.29, 1.82) is 0 Å². The van der Waals surface area contributed by atoms with E-state index in [1.54, 1.807) is 30.3 Å². The van der Waals surface area contributed by atoms with Crippen LogP contribution < -0.4 is 0 Å². The van der Waals surface area contributed by atoms with Crippen molar-refractivity contribution in [2.24, 2.45) is 0 Å². The average Bonchev–Trinajstić information content (AvgIpc) is 2.71. The van der Waals surface area contributed by atoms with Crippen LogP contribution in [-0.4, -0.2) is 75.2 Å². The monoisotopic (exact) mass is 404 g/mol. The number of carbonyl (C=O) groups is 1. The molecule has 2 aromatic rings. The molecule has 5 N–H and O–H groups in total. The van der Waals surface area contributed by atoms with Crippen LogP contribution >= 0.6 is 0 Å². The van der Waals surface area contributed by atoms with Gasteiger partial charge in [-0.25, -0.2) is 0 Å². The summed E-state index contributed by atoms with van der Waals surface area (Å²) in [6, 6.07) is 11.8. The van der Waals surface area contributed by atoms with Crippen LogP contribution in [0.4, 0.5) is 0 Å². The highest BCUT2D eigenvalue weighted by Gasteiger charge is 2.44. The molecule has 5 atom stereocenters. The van der Waals surface area contributed by atoms with Gasteiger partial charge in [-0.1, -0.05) is 36.4 Å². The number of hydrogen-bond donors (Lipinski definition) is 5. The fraction of sp³-hybridized carbons (Fsp3) is 0.381. The van der Waals surface area contributed by atoms with Crippen LogP contribution in [0.1, 0.15) is 15.9 Å². The number of aryl methyl sites for hydroxylation is 1. The van der Waals surface area contributed by atoms with E-state index >= 15 is 0 Å². The standard InChI is InChI=1S/C21H24O8/c1-11-5-4-8-14(23)17(11)13-7-3-2-6-12(13)15(24)10-28-21-20(27)19(26)18(25)16(9-22)29-21/h2-8,16,18-23,25-27H,9-10H2,1H3/t16-,18-,19+,20-,21-/m1/s1. The number of aromatic hydroxyl groups is 1. The highest BCUT2D eigenvalue weighted by atomic mass is 16.7. The maximum atomic E-state index is 12.8. The second-order valence-electron chi connectivity index (χ2n) is 6.95. The number of ketones is 1. The molecule has 0 aliphatic carbocycles. The number of phenolic OH excluding ortho intramolecular Hbond substituents is 1. The van der Waals surface area contributed by atoms with Gasteiger partial charge in [0.15, 0.2) is 12.1 Å². The molecule has 0 amide bonds. The third kappa shape index (κ3) is 4.32. The van der Waals surface area contributed by atoms with Gasteiger partial charge in [-0.2, -0.15) is 0 Å². The molecule has 1 aliphatic rings. The minimum absolute atomic E-state index is 0.0418. The molecular weight excluding hydrogens is 380 g/mol. The van der Waals surface area contributed by atoms with Crippen molar-refractivity contribution in [2.45, 2.75) is 37.6 Å². The Morgan fingerprint density at radius 3 is 2.45 bits per heavy atom. The Labute approximate surface area is 167 Å². The topological polar surface area (TPSA) is 137 Å². The van der Waals surface area contributed by atoms with Crippen LogP contribution in [0.2, 0.25) is 0 Å². The average molecular weight is 404 g/mol. The molecule has 1 heterocycles. The Balaban J connectivity index is 1.79. The summed E-state index contributed by atoms with van der Waals surface area (Å²) in [4.78, 5) is 12.8. The van der Waals surface area contributed by atoms with E-state index in [0.29, 0.717) is 16.7 Å². The first-order valence-electron chi connectivity index (χ1n) is 9.18. The van der Waals surface area contributed by atoms with E-state index < -0.39 is 49.7 Å². The van der Waals surface area contributed by atoms with Crippen molar-refractivity contribution >= 4 is 5.78 Å². The van der Waals surface area contributed by atoms with E-state index in [1.165, 1.54) is 6.07 Å². The van der Waals surface area contributed by atoms with Crippen molar-refractivity contribution in [3.63, 3.8) is 0 Å². The molecule has 29 heavy (non-hydrogen) atoms. The van der Waals surface area contributed by atoms with E-state index in [9.17, 15) is 30.3 Å². The molecule has 2 aromatic carbocycles. The lowest BCUT2D eigenvalue weighted by atomic mass is 9.93. The van der Waals surface area contributed by atoms with Crippen LogP contribution in [0.3, 0.4) is 0 Å². The van der Waals surface area contributed by atoms with Crippen molar-refractivity contribution in [3.05, 3.63) is 53.6 Å². The summed E-state index contributed by atoms with van der Waals surface area (Å²) in [5.41, 5.74) is 2.16. The molecule has 1 aliphatic heterocycles. The predicted molar refractivity (Wildman–Crippen MR) is 102 cm³/mol. The zero-order valence-corrected chi connectivity index (χ0v) is 15.8. The van der Waals surface area contributed by atoms with E-state index in [-0.39, 0.29) is 5.75 Å². The van der Waals surface area contributed by atoms with Gasteiger partial charge in [-0.15, -0.1) is 0 Å². The second-order valence-corrected chi connectivity index (χ2v) is 6.95. The molecule has 8 heteroatoms. The largest absolute Gasteiger partial charge is 0.507 e. The van der Waals surface area contributed by atoms with Gasteiger partial charge in [0.25, 0.3) is 0 Å². The van der Waals surface area contributed by atoms with Crippen LogP contribution in [0, 0.1) is 6.92 Å². The van der Waals surface area contributed by atoms with Crippen molar-refractivity contribution in [2.75, 3.05) is 13.2 Å². The minimum atomic E-state index is -1.59. The molecule has 3 rings (SSSR count). The lowest BCUT2D eigenvalue weighted by Crippen LogP contribution is -2.59. The highest BCUT2D eigenvalue weighted by Crippen LogP contribution is 2.34. The first kappa shape index (κ1) is 21.4. The second kappa shape index (κ2) is 9.00. The lowest BCUT2D eigenvalue weighted by Gasteiger charge is -2.39.